The van der Waals surface area contributed by atoms with Crippen LogP contribution in [-0.4, -0.2) is 11.3 Å². The Kier molecular flexibility index (Phi) is 3.71. The molecule has 0 unspecified atom stereocenters. The molecule has 84 valence electrons. The summed E-state index contributed by atoms with van der Waals surface area (Å²) in [6, 6.07) is 16.8. The molecular formula is C15H13NO. The van der Waals surface area contributed by atoms with E-state index in [0.29, 0.717) is 0 Å². The third kappa shape index (κ3) is 3.61. The molecule has 2 heteroatoms. The van der Waals surface area contributed by atoms with Gasteiger partial charge in [-0.05, 0) is 35.9 Å². The summed E-state index contributed by atoms with van der Waals surface area (Å²) in [4.78, 5) is 4.24. The van der Waals surface area contributed by atoms with Crippen LogP contribution in [0.2, 0.25) is 0 Å². The second-order valence-electron chi connectivity index (χ2n) is 3.56. The molecule has 2 rings (SSSR count). The zero-order chi connectivity index (χ0) is 11.9. The first-order valence-electron chi connectivity index (χ1n) is 5.39. The van der Waals surface area contributed by atoms with Gasteiger partial charge in [0.15, 0.2) is 0 Å². The molecule has 0 aliphatic carbocycles. The van der Waals surface area contributed by atoms with Crippen LogP contribution in [0.1, 0.15) is 5.56 Å². The predicted molar refractivity (Wildman–Crippen MR) is 71.7 cm³/mol. The molecule has 2 nitrogen and oxygen atoms in total. The molecule has 0 aliphatic heterocycles. The molecule has 0 radical (unpaired) electrons. The van der Waals surface area contributed by atoms with Crippen LogP contribution in [0.15, 0.2) is 65.7 Å². The average Bonchev–Trinajstić information content (AvgIpc) is 2.38. The maximum atomic E-state index is 9.11. The lowest BCUT2D eigenvalue weighted by Crippen LogP contribution is -1.70. The van der Waals surface area contributed by atoms with E-state index in [1.54, 1.807) is 30.5 Å². The predicted octanol–water partition coefficient (Wildman–Crippen LogP) is 3.81. The summed E-state index contributed by atoms with van der Waals surface area (Å²) in [7, 11) is 0. The van der Waals surface area contributed by atoms with Crippen molar-refractivity contribution < 1.29 is 5.11 Å². The molecule has 2 aromatic rings. The van der Waals surface area contributed by atoms with Gasteiger partial charge >= 0.3 is 0 Å². The number of hydrogen-bond donors (Lipinski definition) is 1. The van der Waals surface area contributed by atoms with Gasteiger partial charge in [-0.1, -0.05) is 36.4 Å². The smallest absolute Gasteiger partial charge is 0.115 e. The quantitative estimate of drug-likeness (QED) is 0.788. The third-order valence-electron chi connectivity index (χ3n) is 2.25. The Bertz CT molecular complexity index is 512. The molecule has 0 fully saturated rings. The summed E-state index contributed by atoms with van der Waals surface area (Å²) >= 11 is 0. The van der Waals surface area contributed by atoms with Crippen LogP contribution in [0.3, 0.4) is 0 Å². The Morgan fingerprint density at radius 3 is 2.29 bits per heavy atom. The lowest BCUT2D eigenvalue weighted by atomic mass is 10.2. The number of hydrogen-bond acceptors (Lipinski definition) is 2. The van der Waals surface area contributed by atoms with E-state index in [-0.39, 0.29) is 5.75 Å². The molecule has 0 saturated carbocycles. The summed E-state index contributed by atoms with van der Waals surface area (Å²) in [5.41, 5.74) is 1.96. The van der Waals surface area contributed by atoms with Gasteiger partial charge in [0.05, 0.1) is 5.69 Å². The highest BCUT2D eigenvalue weighted by atomic mass is 16.3. The van der Waals surface area contributed by atoms with E-state index in [9.17, 15) is 0 Å². The fourth-order valence-corrected chi connectivity index (χ4v) is 1.39. The van der Waals surface area contributed by atoms with Gasteiger partial charge in [0, 0.05) is 6.21 Å². The van der Waals surface area contributed by atoms with E-state index in [1.807, 2.05) is 42.5 Å². The van der Waals surface area contributed by atoms with Crippen molar-refractivity contribution in [1.29, 1.82) is 0 Å². The molecule has 0 aliphatic rings. The second-order valence-corrected chi connectivity index (χ2v) is 3.56. The molecule has 1 N–H and O–H groups in total. The maximum absolute atomic E-state index is 9.11. The van der Waals surface area contributed by atoms with Gasteiger partial charge in [-0.2, -0.15) is 0 Å². The van der Waals surface area contributed by atoms with Gasteiger partial charge < -0.3 is 5.11 Å². The normalized spacial score (nSPS) is 11.3. The van der Waals surface area contributed by atoms with E-state index >= 15 is 0 Å². The zero-order valence-corrected chi connectivity index (χ0v) is 9.32. The molecule has 0 amide bonds. The summed E-state index contributed by atoms with van der Waals surface area (Å²) in [6.45, 7) is 0. The van der Waals surface area contributed by atoms with Crippen LogP contribution < -0.4 is 0 Å². The fourth-order valence-electron chi connectivity index (χ4n) is 1.39. The monoisotopic (exact) mass is 223 g/mol. The SMILES string of the molecule is Oc1ccc(N=C/C=C\c2ccccc2)cc1. The second kappa shape index (κ2) is 5.66. The van der Waals surface area contributed by atoms with Gasteiger partial charge in [-0.15, -0.1) is 0 Å². The molecule has 0 atom stereocenters. The summed E-state index contributed by atoms with van der Waals surface area (Å²) in [5, 5.41) is 9.11. The minimum Gasteiger partial charge on any atom is -0.508 e. The van der Waals surface area contributed by atoms with Crippen molar-refractivity contribution in [2.45, 2.75) is 0 Å². The molecule has 0 saturated heterocycles. The van der Waals surface area contributed by atoms with Gasteiger partial charge in [0.1, 0.15) is 5.75 Å². The Morgan fingerprint density at radius 2 is 1.59 bits per heavy atom. The van der Waals surface area contributed by atoms with Crippen LogP contribution in [0.25, 0.3) is 6.08 Å². The van der Waals surface area contributed by atoms with E-state index in [4.69, 9.17) is 5.11 Å². The Morgan fingerprint density at radius 1 is 0.882 bits per heavy atom. The largest absolute Gasteiger partial charge is 0.508 e. The molecular weight excluding hydrogens is 210 g/mol. The molecule has 2 aromatic carbocycles. The number of phenols is 1. The van der Waals surface area contributed by atoms with Crippen molar-refractivity contribution in [3.8, 4) is 5.75 Å². The highest BCUT2D eigenvalue weighted by Gasteiger charge is 1.87. The van der Waals surface area contributed by atoms with Crippen molar-refractivity contribution in [2.75, 3.05) is 0 Å². The van der Waals surface area contributed by atoms with Crippen molar-refractivity contribution in [3.05, 3.63) is 66.2 Å². The Hall–Kier alpha value is -2.35. The summed E-state index contributed by atoms with van der Waals surface area (Å²) < 4.78 is 0. The van der Waals surface area contributed by atoms with E-state index in [1.165, 1.54) is 0 Å². The number of phenolic OH excluding ortho intramolecular Hbond substituents is 1. The van der Waals surface area contributed by atoms with Crippen molar-refractivity contribution in [2.24, 2.45) is 4.99 Å². The van der Waals surface area contributed by atoms with Gasteiger partial charge in [0.2, 0.25) is 0 Å². The average molecular weight is 223 g/mol. The third-order valence-corrected chi connectivity index (χ3v) is 2.25. The fraction of sp³-hybridized carbons (Fsp3) is 0. The van der Waals surface area contributed by atoms with Crippen LogP contribution >= 0.6 is 0 Å². The lowest BCUT2D eigenvalue weighted by Gasteiger charge is -1.92. The first kappa shape index (κ1) is 11.1. The number of nitrogens with zero attached hydrogens (tertiary/aromatic N) is 1. The van der Waals surface area contributed by atoms with Crippen LogP contribution in [-0.2, 0) is 0 Å². The van der Waals surface area contributed by atoms with Crippen LogP contribution in [0.4, 0.5) is 5.69 Å². The van der Waals surface area contributed by atoms with E-state index < -0.39 is 0 Å². The first-order chi connectivity index (χ1) is 8.34. The van der Waals surface area contributed by atoms with Crippen LogP contribution in [0, 0.1) is 0 Å². The van der Waals surface area contributed by atoms with Gasteiger partial charge in [0.25, 0.3) is 0 Å². The molecule has 0 heterocycles. The Balaban J connectivity index is 1.98. The van der Waals surface area contributed by atoms with Crippen molar-refractivity contribution in [1.82, 2.24) is 0 Å². The van der Waals surface area contributed by atoms with Gasteiger partial charge in [-0.3, -0.25) is 4.99 Å². The minimum atomic E-state index is 0.253. The van der Waals surface area contributed by atoms with Gasteiger partial charge in [-0.25, -0.2) is 0 Å². The topological polar surface area (TPSA) is 32.6 Å². The Labute approximate surface area is 101 Å². The lowest BCUT2D eigenvalue weighted by molar-refractivity contribution is 0.475. The van der Waals surface area contributed by atoms with Crippen molar-refractivity contribution >= 4 is 18.0 Å². The minimum absolute atomic E-state index is 0.253. The van der Waals surface area contributed by atoms with E-state index in [2.05, 4.69) is 4.99 Å². The first-order valence-corrected chi connectivity index (χ1v) is 5.39. The number of aliphatic imine (C=N–C) groups is 1. The summed E-state index contributed by atoms with van der Waals surface area (Å²) in [5.74, 6) is 0.253. The zero-order valence-electron chi connectivity index (χ0n) is 9.32. The van der Waals surface area contributed by atoms with Crippen molar-refractivity contribution in [3.63, 3.8) is 0 Å². The molecule has 0 spiro atoms. The molecule has 17 heavy (non-hydrogen) atoms. The number of aromatic hydroxyl groups is 1. The molecule has 0 bridgehead atoms. The van der Waals surface area contributed by atoms with Crippen LogP contribution in [0.5, 0.6) is 5.75 Å². The highest BCUT2D eigenvalue weighted by molar-refractivity contribution is 5.80. The number of benzene rings is 2. The van der Waals surface area contributed by atoms with E-state index in [0.717, 1.165) is 11.3 Å². The molecule has 0 aromatic heterocycles. The number of allylic oxidation sites excluding steroid dienone is 1. The standard InChI is InChI=1S/C15H13NO/c17-15-10-8-14(9-11-15)16-12-4-7-13-5-2-1-3-6-13/h1-12,17H/b7-4-,16-12?. The highest BCUT2D eigenvalue weighted by Crippen LogP contribution is 2.15. The summed E-state index contributed by atoms with van der Waals surface area (Å²) in [6.07, 6.45) is 5.62. The maximum Gasteiger partial charge on any atom is 0.115 e. The number of rotatable bonds is 3.